The van der Waals surface area contributed by atoms with E-state index in [2.05, 4.69) is 26.5 Å². The third-order valence-electron chi connectivity index (χ3n) is 1.48. The van der Waals surface area contributed by atoms with Crippen molar-refractivity contribution >= 4 is 39.6 Å². The number of hydrogen-bond donors (Lipinski definition) is 2. The van der Waals surface area contributed by atoms with E-state index in [4.69, 9.17) is 5.11 Å². The molecule has 1 aromatic rings. The van der Waals surface area contributed by atoms with Gasteiger partial charge in [-0.2, -0.15) is 5.10 Å². The van der Waals surface area contributed by atoms with E-state index >= 15 is 0 Å². The number of hydrogen-bond acceptors (Lipinski definition) is 4. The van der Waals surface area contributed by atoms with Crippen LogP contribution in [0.3, 0.4) is 0 Å². The summed E-state index contributed by atoms with van der Waals surface area (Å²) < 4.78 is 0.894. The molecule has 1 aromatic carbocycles. The van der Waals surface area contributed by atoms with Crippen molar-refractivity contribution < 1.29 is 14.7 Å². The van der Waals surface area contributed by atoms with Crippen molar-refractivity contribution in [1.82, 2.24) is 0 Å². The molecular weight excluding hydrogens is 264 g/mol. The molecule has 0 fully saturated rings. The number of aliphatic carboxylic acids is 1. The molecule has 0 aliphatic carbocycles. The first-order valence-corrected chi connectivity index (χ1v) is 4.70. The van der Waals surface area contributed by atoms with Crippen molar-refractivity contribution in [2.75, 3.05) is 5.43 Å². The van der Waals surface area contributed by atoms with Gasteiger partial charge >= 0.3 is 5.97 Å². The Kier molecular flexibility index (Phi) is 3.99. The third kappa shape index (κ3) is 3.51. The number of hydrazone groups is 1. The standard InChI is InChI=1S/C9H7BrN2O3/c10-6-1-3-7(4-2-6)11-12-8(5-13)9(14)15/h1-5,11H,(H,14,15)/b12-8+. The Balaban J connectivity index is 2.74. The first kappa shape index (κ1) is 11.4. The number of carboxylic acid groups (broad SMARTS) is 1. The first-order chi connectivity index (χ1) is 7.13. The fourth-order valence-corrected chi connectivity index (χ4v) is 1.04. The quantitative estimate of drug-likeness (QED) is 0.376. The number of rotatable bonds is 4. The van der Waals surface area contributed by atoms with E-state index in [1.54, 1.807) is 24.3 Å². The smallest absolute Gasteiger partial charge is 0.359 e. The average molecular weight is 271 g/mol. The highest BCUT2D eigenvalue weighted by molar-refractivity contribution is 9.10. The van der Waals surface area contributed by atoms with E-state index in [1.165, 1.54) is 0 Å². The number of halogens is 1. The lowest BCUT2D eigenvalue weighted by Gasteiger charge is -1.99. The van der Waals surface area contributed by atoms with Crippen molar-refractivity contribution in [3.05, 3.63) is 28.7 Å². The van der Waals surface area contributed by atoms with E-state index in [0.717, 1.165) is 4.47 Å². The van der Waals surface area contributed by atoms with E-state index in [0.29, 0.717) is 5.69 Å². The molecule has 2 N–H and O–H groups in total. The van der Waals surface area contributed by atoms with Crippen molar-refractivity contribution in [2.45, 2.75) is 0 Å². The van der Waals surface area contributed by atoms with E-state index < -0.39 is 11.7 Å². The van der Waals surface area contributed by atoms with Gasteiger partial charge in [0.25, 0.3) is 0 Å². The first-order valence-electron chi connectivity index (χ1n) is 3.91. The zero-order chi connectivity index (χ0) is 11.3. The molecule has 0 radical (unpaired) electrons. The number of carbonyl (C=O) groups excluding carboxylic acids is 1. The summed E-state index contributed by atoms with van der Waals surface area (Å²) in [6.45, 7) is 0. The Morgan fingerprint density at radius 3 is 2.47 bits per heavy atom. The molecule has 0 aliphatic rings. The average Bonchev–Trinajstić information content (AvgIpc) is 2.21. The van der Waals surface area contributed by atoms with Crippen LogP contribution in [0.15, 0.2) is 33.8 Å². The normalized spacial score (nSPS) is 10.9. The number of nitrogens with one attached hydrogen (secondary N) is 1. The molecule has 0 bridgehead atoms. The molecule has 0 saturated carbocycles. The summed E-state index contributed by atoms with van der Waals surface area (Å²) in [6, 6.07) is 6.91. The predicted octanol–water partition coefficient (Wildman–Crippen LogP) is 1.50. The molecule has 6 heteroatoms. The number of benzene rings is 1. The summed E-state index contributed by atoms with van der Waals surface area (Å²) in [5.41, 5.74) is 2.48. The summed E-state index contributed by atoms with van der Waals surface area (Å²) >= 11 is 3.25. The van der Waals surface area contributed by atoms with Crippen molar-refractivity contribution in [1.29, 1.82) is 0 Å². The summed E-state index contributed by atoms with van der Waals surface area (Å²) in [4.78, 5) is 20.7. The summed E-state index contributed by atoms with van der Waals surface area (Å²) in [7, 11) is 0. The molecule has 0 amide bonds. The summed E-state index contributed by atoms with van der Waals surface area (Å²) in [5, 5.41) is 11.9. The zero-order valence-corrected chi connectivity index (χ0v) is 9.06. The highest BCUT2D eigenvalue weighted by Crippen LogP contribution is 2.13. The Morgan fingerprint density at radius 1 is 1.40 bits per heavy atom. The largest absolute Gasteiger partial charge is 0.476 e. The topological polar surface area (TPSA) is 78.8 Å². The van der Waals surface area contributed by atoms with Crippen LogP contribution in [0.25, 0.3) is 0 Å². The van der Waals surface area contributed by atoms with Crippen molar-refractivity contribution in [3.63, 3.8) is 0 Å². The second kappa shape index (κ2) is 5.26. The van der Waals surface area contributed by atoms with Gasteiger partial charge in [-0.1, -0.05) is 15.9 Å². The fraction of sp³-hybridized carbons (Fsp3) is 0. The van der Waals surface area contributed by atoms with Gasteiger partial charge in [0.2, 0.25) is 5.71 Å². The monoisotopic (exact) mass is 270 g/mol. The maximum atomic E-state index is 10.4. The minimum absolute atomic E-state index is 0.175. The van der Waals surface area contributed by atoms with Crippen LogP contribution >= 0.6 is 15.9 Å². The highest BCUT2D eigenvalue weighted by atomic mass is 79.9. The number of aldehydes is 1. The molecule has 0 saturated heterocycles. The van der Waals surface area contributed by atoms with Crippen LogP contribution in [-0.4, -0.2) is 23.1 Å². The lowest BCUT2D eigenvalue weighted by atomic mass is 10.3. The Hall–Kier alpha value is -1.69. The molecule has 78 valence electrons. The second-order valence-electron chi connectivity index (χ2n) is 2.54. The van der Waals surface area contributed by atoms with Gasteiger partial charge in [0.15, 0.2) is 6.29 Å². The third-order valence-corrected chi connectivity index (χ3v) is 2.01. The minimum atomic E-state index is -1.37. The van der Waals surface area contributed by atoms with Gasteiger partial charge < -0.3 is 5.11 Å². The fourth-order valence-electron chi connectivity index (χ4n) is 0.774. The lowest BCUT2D eigenvalue weighted by Crippen LogP contribution is -2.15. The van der Waals surface area contributed by atoms with Gasteiger partial charge in [0.1, 0.15) is 0 Å². The Morgan fingerprint density at radius 2 is 2.00 bits per heavy atom. The van der Waals surface area contributed by atoms with Crippen LogP contribution in [0.5, 0.6) is 0 Å². The van der Waals surface area contributed by atoms with E-state index in [9.17, 15) is 9.59 Å². The van der Waals surface area contributed by atoms with Crippen LogP contribution < -0.4 is 5.43 Å². The van der Waals surface area contributed by atoms with Gasteiger partial charge in [0.05, 0.1) is 5.69 Å². The molecular formula is C9H7BrN2O3. The molecule has 0 aliphatic heterocycles. The van der Waals surface area contributed by atoms with Crippen LogP contribution in [0.2, 0.25) is 0 Å². The number of nitrogens with zero attached hydrogens (tertiary/aromatic N) is 1. The SMILES string of the molecule is O=C/C(=N\Nc1ccc(Br)cc1)C(=O)O. The molecule has 0 heterocycles. The predicted molar refractivity (Wildman–Crippen MR) is 58.9 cm³/mol. The van der Waals surface area contributed by atoms with Crippen LogP contribution in [0, 0.1) is 0 Å². The van der Waals surface area contributed by atoms with Gasteiger partial charge in [-0.3, -0.25) is 10.2 Å². The minimum Gasteiger partial charge on any atom is -0.476 e. The van der Waals surface area contributed by atoms with E-state index in [1.807, 2.05) is 0 Å². The summed E-state index contributed by atoms with van der Waals surface area (Å²) in [5.74, 6) is -1.37. The molecule has 0 unspecified atom stereocenters. The van der Waals surface area contributed by atoms with Crippen molar-refractivity contribution in [2.24, 2.45) is 5.10 Å². The number of carboxylic acids is 1. The summed E-state index contributed by atoms with van der Waals surface area (Å²) in [6.07, 6.45) is 0.175. The van der Waals surface area contributed by atoms with Crippen LogP contribution in [0.4, 0.5) is 5.69 Å². The lowest BCUT2D eigenvalue weighted by molar-refractivity contribution is -0.129. The molecule has 15 heavy (non-hydrogen) atoms. The molecule has 5 nitrogen and oxygen atoms in total. The Labute approximate surface area is 93.9 Å². The highest BCUT2D eigenvalue weighted by Gasteiger charge is 2.06. The van der Waals surface area contributed by atoms with Crippen molar-refractivity contribution in [3.8, 4) is 0 Å². The van der Waals surface area contributed by atoms with Crippen LogP contribution in [0.1, 0.15) is 0 Å². The Bertz CT molecular complexity index is 400. The molecule has 1 rings (SSSR count). The van der Waals surface area contributed by atoms with Crippen LogP contribution in [-0.2, 0) is 9.59 Å². The number of carbonyl (C=O) groups is 2. The molecule has 0 atom stereocenters. The van der Waals surface area contributed by atoms with Gasteiger partial charge in [-0.05, 0) is 24.3 Å². The maximum absolute atomic E-state index is 10.4. The maximum Gasteiger partial charge on any atom is 0.359 e. The molecule has 0 spiro atoms. The van der Waals surface area contributed by atoms with E-state index in [-0.39, 0.29) is 6.29 Å². The van der Waals surface area contributed by atoms with Gasteiger partial charge in [-0.25, -0.2) is 4.79 Å². The second-order valence-corrected chi connectivity index (χ2v) is 3.45. The number of anilines is 1. The zero-order valence-electron chi connectivity index (χ0n) is 7.48. The van der Waals surface area contributed by atoms with Gasteiger partial charge in [0, 0.05) is 4.47 Å². The van der Waals surface area contributed by atoms with Gasteiger partial charge in [-0.15, -0.1) is 0 Å². The molecule has 0 aromatic heterocycles.